The SMILES string of the molecule is CC(C)n1cc(Cl)c2cc(-c3nc(-c4cccc(CCNCC(=O)O)c4)no3)ccc21. The van der Waals surface area contributed by atoms with Crippen molar-refractivity contribution in [2.75, 3.05) is 13.1 Å². The van der Waals surface area contributed by atoms with E-state index in [0.717, 1.165) is 27.6 Å². The van der Waals surface area contributed by atoms with Crippen LogP contribution in [-0.4, -0.2) is 38.9 Å². The molecule has 160 valence electrons. The second-order valence-corrected chi connectivity index (χ2v) is 8.06. The van der Waals surface area contributed by atoms with Gasteiger partial charge in [0.15, 0.2) is 0 Å². The molecule has 0 aliphatic rings. The highest BCUT2D eigenvalue weighted by molar-refractivity contribution is 6.35. The van der Waals surface area contributed by atoms with Crippen molar-refractivity contribution in [1.82, 2.24) is 20.0 Å². The predicted octanol–water partition coefficient (Wildman–Crippen LogP) is 4.81. The van der Waals surface area contributed by atoms with Gasteiger partial charge in [-0.1, -0.05) is 35.0 Å². The molecule has 0 fully saturated rings. The van der Waals surface area contributed by atoms with E-state index in [1.54, 1.807) is 0 Å². The number of hydrogen-bond donors (Lipinski definition) is 2. The van der Waals surface area contributed by atoms with Crippen LogP contribution < -0.4 is 5.32 Å². The van der Waals surface area contributed by atoms with Gasteiger partial charge in [-0.15, -0.1) is 0 Å². The zero-order chi connectivity index (χ0) is 22.0. The summed E-state index contributed by atoms with van der Waals surface area (Å²) in [6.07, 6.45) is 2.64. The van der Waals surface area contributed by atoms with E-state index in [0.29, 0.717) is 35.7 Å². The lowest BCUT2D eigenvalue weighted by Crippen LogP contribution is -2.24. The van der Waals surface area contributed by atoms with Gasteiger partial charge in [-0.25, -0.2) is 0 Å². The maximum Gasteiger partial charge on any atom is 0.317 e. The van der Waals surface area contributed by atoms with Gasteiger partial charge in [-0.3, -0.25) is 4.79 Å². The molecule has 0 aliphatic carbocycles. The maximum atomic E-state index is 10.6. The van der Waals surface area contributed by atoms with Gasteiger partial charge in [0.05, 0.1) is 11.6 Å². The third kappa shape index (κ3) is 4.62. The smallest absolute Gasteiger partial charge is 0.317 e. The van der Waals surface area contributed by atoms with Crippen molar-refractivity contribution in [2.24, 2.45) is 0 Å². The van der Waals surface area contributed by atoms with Gasteiger partial charge in [-0.05, 0) is 56.6 Å². The largest absolute Gasteiger partial charge is 0.480 e. The summed E-state index contributed by atoms with van der Waals surface area (Å²) in [5, 5.41) is 17.4. The Morgan fingerprint density at radius 2 is 2.06 bits per heavy atom. The van der Waals surface area contributed by atoms with Crippen molar-refractivity contribution in [3.8, 4) is 22.8 Å². The molecule has 7 nitrogen and oxygen atoms in total. The Morgan fingerprint density at radius 1 is 1.23 bits per heavy atom. The van der Waals surface area contributed by atoms with E-state index in [9.17, 15) is 4.79 Å². The van der Waals surface area contributed by atoms with Gasteiger partial charge in [0.25, 0.3) is 5.89 Å². The third-order valence-electron chi connectivity index (χ3n) is 5.07. The molecule has 4 rings (SSSR count). The monoisotopic (exact) mass is 438 g/mol. The first kappa shape index (κ1) is 21.1. The zero-order valence-corrected chi connectivity index (χ0v) is 18.1. The number of nitrogens with zero attached hydrogens (tertiary/aromatic N) is 3. The van der Waals surface area contributed by atoms with Gasteiger partial charge in [0, 0.05) is 34.3 Å². The number of halogens is 1. The minimum atomic E-state index is -0.867. The Kier molecular flexibility index (Phi) is 6.06. The van der Waals surface area contributed by atoms with Crippen LogP contribution in [0.25, 0.3) is 33.7 Å². The number of fused-ring (bicyclic) bond motifs is 1. The molecule has 0 bridgehead atoms. The average Bonchev–Trinajstić information content (AvgIpc) is 3.37. The molecule has 0 aliphatic heterocycles. The summed E-state index contributed by atoms with van der Waals surface area (Å²) in [5.41, 5.74) is 3.78. The molecule has 0 saturated heterocycles. The minimum absolute atomic E-state index is 0.0528. The van der Waals surface area contributed by atoms with E-state index in [2.05, 4.69) is 33.9 Å². The number of carboxylic acids is 1. The average molecular weight is 439 g/mol. The lowest BCUT2D eigenvalue weighted by atomic mass is 10.1. The van der Waals surface area contributed by atoms with Crippen LogP contribution in [0.2, 0.25) is 5.02 Å². The Labute approximate surface area is 184 Å². The van der Waals surface area contributed by atoms with E-state index in [-0.39, 0.29) is 6.54 Å². The molecular formula is C23H23ClN4O3. The van der Waals surface area contributed by atoms with Crippen LogP contribution in [-0.2, 0) is 11.2 Å². The molecule has 0 radical (unpaired) electrons. The molecule has 8 heteroatoms. The van der Waals surface area contributed by atoms with Gasteiger partial charge < -0.3 is 19.5 Å². The fraction of sp³-hybridized carbons (Fsp3) is 0.261. The summed E-state index contributed by atoms with van der Waals surface area (Å²) in [6, 6.07) is 14.1. The van der Waals surface area contributed by atoms with Crippen molar-refractivity contribution in [3.05, 3.63) is 59.2 Å². The minimum Gasteiger partial charge on any atom is -0.480 e. The van der Waals surface area contributed by atoms with Gasteiger partial charge in [-0.2, -0.15) is 4.98 Å². The number of carbonyl (C=O) groups is 1. The van der Waals surface area contributed by atoms with Crippen LogP contribution in [0, 0.1) is 0 Å². The maximum absolute atomic E-state index is 10.6. The van der Waals surface area contributed by atoms with Crippen molar-refractivity contribution in [2.45, 2.75) is 26.3 Å². The summed E-state index contributed by atoms with van der Waals surface area (Å²) in [4.78, 5) is 15.2. The molecule has 0 unspecified atom stereocenters. The summed E-state index contributed by atoms with van der Waals surface area (Å²) in [6.45, 7) is 4.75. The highest BCUT2D eigenvalue weighted by Gasteiger charge is 2.15. The highest BCUT2D eigenvalue weighted by Crippen LogP contribution is 2.32. The first-order valence-electron chi connectivity index (χ1n) is 10.1. The first-order chi connectivity index (χ1) is 14.9. The Bertz CT molecular complexity index is 1230. The number of hydrogen-bond acceptors (Lipinski definition) is 5. The molecule has 2 N–H and O–H groups in total. The lowest BCUT2D eigenvalue weighted by molar-refractivity contribution is -0.135. The number of rotatable bonds is 8. The lowest BCUT2D eigenvalue weighted by Gasteiger charge is -2.08. The Morgan fingerprint density at radius 3 is 2.84 bits per heavy atom. The van der Waals surface area contributed by atoms with E-state index in [1.165, 1.54) is 0 Å². The molecule has 2 aromatic heterocycles. The topological polar surface area (TPSA) is 93.2 Å². The van der Waals surface area contributed by atoms with Crippen LogP contribution in [0.4, 0.5) is 0 Å². The second-order valence-electron chi connectivity index (χ2n) is 7.65. The number of nitrogens with one attached hydrogen (secondary N) is 1. The Balaban J connectivity index is 1.55. The molecule has 0 spiro atoms. The van der Waals surface area contributed by atoms with Crippen LogP contribution in [0.15, 0.2) is 53.2 Å². The molecule has 2 heterocycles. The van der Waals surface area contributed by atoms with Gasteiger partial charge in [0.2, 0.25) is 5.82 Å². The summed E-state index contributed by atoms with van der Waals surface area (Å²) < 4.78 is 7.66. The van der Waals surface area contributed by atoms with E-state index >= 15 is 0 Å². The number of benzene rings is 2. The molecular weight excluding hydrogens is 416 g/mol. The van der Waals surface area contributed by atoms with Gasteiger partial charge in [0.1, 0.15) is 0 Å². The van der Waals surface area contributed by atoms with Crippen LogP contribution in [0.5, 0.6) is 0 Å². The molecule has 31 heavy (non-hydrogen) atoms. The standard InChI is InChI=1S/C23H23ClN4O3/c1-14(2)28-13-19(24)18-11-17(6-7-20(18)28)23-26-22(27-31-23)16-5-3-4-15(10-16)8-9-25-12-21(29)30/h3-7,10-11,13-14,25H,8-9,12H2,1-2H3,(H,29,30). The molecule has 0 amide bonds. The molecule has 4 aromatic rings. The Hall–Kier alpha value is -3.16. The van der Waals surface area contributed by atoms with Crippen molar-refractivity contribution in [1.29, 1.82) is 0 Å². The van der Waals surface area contributed by atoms with E-state index in [4.69, 9.17) is 21.2 Å². The molecule has 0 saturated carbocycles. The summed E-state index contributed by atoms with van der Waals surface area (Å²) >= 11 is 6.44. The summed E-state index contributed by atoms with van der Waals surface area (Å²) in [7, 11) is 0. The number of aliphatic carboxylic acids is 1. The van der Waals surface area contributed by atoms with Crippen molar-refractivity contribution >= 4 is 28.5 Å². The fourth-order valence-electron chi connectivity index (χ4n) is 3.53. The fourth-order valence-corrected chi connectivity index (χ4v) is 3.78. The van der Waals surface area contributed by atoms with Crippen LogP contribution >= 0.6 is 11.6 Å². The highest BCUT2D eigenvalue weighted by atomic mass is 35.5. The first-order valence-corrected chi connectivity index (χ1v) is 10.5. The molecule has 2 aromatic carbocycles. The zero-order valence-electron chi connectivity index (χ0n) is 17.3. The van der Waals surface area contributed by atoms with Crippen molar-refractivity contribution in [3.63, 3.8) is 0 Å². The van der Waals surface area contributed by atoms with Gasteiger partial charge >= 0.3 is 5.97 Å². The molecule has 0 atom stereocenters. The van der Waals surface area contributed by atoms with Crippen LogP contribution in [0.3, 0.4) is 0 Å². The van der Waals surface area contributed by atoms with Crippen LogP contribution in [0.1, 0.15) is 25.5 Å². The second kappa shape index (κ2) is 8.91. The predicted molar refractivity (Wildman–Crippen MR) is 120 cm³/mol. The third-order valence-corrected chi connectivity index (χ3v) is 5.37. The van der Waals surface area contributed by atoms with E-state index < -0.39 is 5.97 Å². The number of aromatic nitrogens is 3. The quantitative estimate of drug-likeness (QED) is 0.383. The van der Waals surface area contributed by atoms with E-state index in [1.807, 2.05) is 48.7 Å². The van der Waals surface area contributed by atoms with Crippen molar-refractivity contribution < 1.29 is 14.4 Å². The number of carboxylic acid groups (broad SMARTS) is 1. The summed E-state index contributed by atoms with van der Waals surface area (Å²) in [5.74, 6) is 0.0633. The normalized spacial score (nSPS) is 11.5.